The molecule has 1 aromatic carbocycles. The lowest BCUT2D eigenvalue weighted by Crippen LogP contribution is -2.53. The molecule has 2 atom stereocenters. The van der Waals surface area contributed by atoms with Crippen LogP contribution in [-0.4, -0.2) is 80.6 Å². The van der Waals surface area contributed by atoms with Gasteiger partial charge in [-0.2, -0.15) is 4.31 Å². The Kier molecular flexibility index (Phi) is 6.70. The molecule has 0 radical (unpaired) electrons. The number of nitrogens with zero attached hydrogens (tertiary/aromatic N) is 3. The molecule has 4 aliphatic rings. The van der Waals surface area contributed by atoms with Crippen molar-refractivity contribution in [3.05, 3.63) is 18.2 Å². The minimum absolute atomic E-state index is 0.0285. The second-order valence-electron chi connectivity index (χ2n) is 9.26. The Morgan fingerprint density at radius 1 is 1.06 bits per heavy atom. The fourth-order valence-corrected chi connectivity index (χ4v) is 7.96. The number of amides is 2. The first-order valence-corrected chi connectivity index (χ1v) is 14.3. The number of hydrogen-bond donors (Lipinski definition) is 0. The van der Waals surface area contributed by atoms with Gasteiger partial charge in [0.15, 0.2) is 0 Å². The summed E-state index contributed by atoms with van der Waals surface area (Å²) >= 11 is 1.39. The molecule has 0 unspecified atom stereocenters. The number of likely N-dealkylation sites (tertiary alicyclic amines) is 1. The maximum absolute atomic E-state index is 13.4. The highest BCUT2D eigenvalue weighted by atomic mass is 32.2. The Balaban J connectivity index is 1.40. The second-order valence-corrected chi connectivity index (χ2v) is 12.2. The van der Waals surface area contributed by atoms with Crippen molar-refractivity contribution in [3.63, 3.8) is 0 Å². The number of rotatable bonds is 4. The lowest BCUT2D eigenvalue weighted by Gasteiger charge is -2.44. The molecule has 0 N–H and O–H groups in total. The van der Waals surface area contributed by atoms with Gasteiger partial charge in [0, 0.05) is 30.6 Å². The lowest BCUT2D eigenvalue weighted by molar-refractivity contribution is -0.137. The molecule has 0 bridgehead atoms. The van der Waals surface area contributed by atoms with Gasteiger partial charge in [-0.3, -0.25) is 9.59 Å². The van der Waals surface area contributed by atoms with Crippen molar-refractivity contribution in [1.82, 2.24) is 9.21 Å². The van der Waals surface area contributed by atoms with Gasteiger partial charge < -0.3 is 14.5 Å². The highest BCUT2D eigenvalue weighted by molar-refractivity contribution is 8.00. The number of thioether (sulfide) groups is 1. The molecule has 2 amide bonds. The molecule has 1 aromatic rings. The minimum atomic E-state index is -3.69. The molecule has 1 saturated carbocycles. The number of carbonyl (C=O) groups excluding carboxylic acids is 2. The average Bonchev–Trinajstić information content (AvgIpc) is 2.85. The third kappa shape index (κ3) is 4.54. The average molecular weight is 494 g/mol. The lowest BCUT2D eigenvalue weighted by atomic mass is 9.78. The Labute approximate surface area is 199 Å². The molecule has 2 saturated heterocycles. The van der Waals surface area contributed by atoms with E-state index in [2.05, 4.69) is 0 Å². The van der Waals surface area contributed by atoms with Crippen LogP contribution >= 0.6 is 11.8 Å². The van der Waals surface area contributed by atoms with Gasteiger partial charge in [-0.25, -0.2) is 8.42 Å². The standard InChI is InChI=1S/C23H31N3O5S2/c27-22(25-9-3-5-17-4-1-2-6-19(17)25)15-26-20-14-18(7-8-21(20)32-16-23(26)28)33(29,30)24-10-12-31-13-11-24/h7-8,14,17,19H,1-6,9-13,15-16H2/t17-,19+/m1/s1. The normalized spacial score (nSPS) is 26.6. The molecular formula is C23H31N3O5S2. The van der Waals surface area contributed by atoms with Gasteiger partial charge >= 0.3 is 0 Å². The van der Waals surface area contributed by atoms with E-state index in [9.17, 15) is 18.0 Å². The number of piperidine rings is 1. The number of hydrogen-bond acceptors (Lipinski definition) is 6. The van der Waals surface area contributed by atoms with Gasteiger partial charge in [-0.05, 0) is 49.8 Å². The first-order valence-electron chi connectivity index (χ1n) is 11.9. The third-order valence-electron chi connectivity index (χ3n) is 7.34. The number of carbonyl (C=O) groups is 2. The first kappa shape index (κ1) is 23.1. The molecule has 0 aromatic heterocycles. The number of sulfonamides is 1. The number of anilines is 1. The van der Waals surface area contributed by atoms with Crippen LogP contribution in [0.5, 0.6) is 0 Å². The summed E-state index contributed by atoms with van der Waals surface area (Å²) in [6, 6.07) is 5.21. The summed E-state index contributed by atoms with van der Waals surface area (Å²) in [4.78, 5) is 30.7. The number of fused-ring (bicyclic) bond motifs is 2. The summed E-state index contributed by atoms with van der Waals surface area (Å²) < 4.78 is 33.1. The van der Waals surface area contributed by atoms with Crippen LogP contribution in [0.15, 0.2) is 28.0 Å². The topological polar surface area (TPSA) is 87.2 Å². The van der Waals surface area contributed by atoms with Gasteiger partial charge in [0.2, 0.25) is 21.8 Å². The van der Waals surface area contributed by atoms with E-state index in [1.165, 1.54) is 40.2 Å². The molecule has 8 nitrogen and oxygen atoms in total. The van der Waals surface area contributed by atoms with Crippen LogP contribution in [0, 0.1) is 5.92 Å². The smallest absolute Gasteiger partial charge is 0.243 e. The van der Waals surface area contributed by atoms with Crippen molar-refractivity contribution < 1.29 is 22.7 Å². The summed E-state index contributed by atoms with van der Waals surface area (Å²) in [7, 11) is -3.69. The van der Waals surface area contributed by atoms with E-state index in [4.69, 9.17) is 4.74 Å². The van der Waals surface area contributed by atoms with Gasteiger partial charge in [0.25, 0.3) is 0 Å². The zero-order chi connectivity index (χ0) is 23.0. The molecule has 3 aliphatic heterocycles. The molecule has 3 fully saturated rings. The largest absolute Gasteiger partial charge is 0.379 e. The Bertz CT molecular complexity index is 1020. The van der Waals surface area contributed by atoms with Crippen molar-refractivity contribution >= 4 is 39.3 Å². The Morgan fingerprint density at radius 2 is 1.82 bits per heavy atom. The van der Waals surface area contributed by atoms with Crippen LogP contribution in [0.1, 0.15) is 38.5 Å². The van der Waals surface area contributed by atoms with E-state index < -0.39 is 10.0 Å². The second kappa shape index (κ2) is 9.56. The van der Waals surface area contributed by atoms with Crippen molar-refractivity contribution in [2.45, 2.75) is 54.4 Å². The molecule has 10 heteroatoms. The number of benzene rings is 1. The molecular weight excluding hydrogens is 462 g/mol. The Morgan fingerprint density at radius 3 is 2.64 bits per heavy atom. The van der Waals surface area contributed by atoms with Gasteiger partial charge in [0.1, 0.15) is 6.54 Å². The van der Waals surface area contributed by atoms with Crippen molar-refractivity contribution in [1.29, 1.82) is 0 Å². The fourth-order valence-electron chi connectivity index (χ4n) is 5.61. The van der Waals surface area contributed by atoms with Crippen LogP contribution in [0.25, 0.3) is 0 Å². The predicted molar refractivity (Wildman–Crippen MR) is 126 cm³/mol. The van der Waals surface area contributed by atoms with E-state index in [1.807, 2.05) is 4.90 Å². The zero-order valence-corrected chi connectivity index (χ0v) is 20.4. The summed E-state index contributed by atoms with van der Waals surface area (Å²) in [5, 5.41) is 0. The first-order chi connectivity index (χ1) is 15.9. The zero-order valence-electron chi connectivity index (χ0n) is 18.8. The molecule has 1 aliphatic carbocycles. The third-order valence-corrected chi connectivity index (χ3v) is 10.3. The number of morpholine rings is 1. The SMILES string of the molecule is O=C1CSc2ccc(S(=O)(=O)N3CCOCC3)cc2N1CC(=O)N1CCC[C@H]2CCCC[C@@H]21. The van der Waals surface area contributed by atoms with Gasteiger partial charge in [0.05, 0.1) is 29.5 Å². The highest BCUT2D eigenvalue weighted by Gasteiger charge is 2.38. The van der Waals surface area contributed by atoms with Crippen LogP contribution in [-0.2, 0) is 24.3 Å². The summed E-state index contributed by atoms with van der Waals surface area (Å²) in [5.41, 5.74) is 0.524. The van der Waals surface area contributed by atoms with E-state index in [-0.39, 0.29) is 35.0 Å². The van der Waals surface area contributed by atoms with Crippen molar-refractivity contribution in [2.24, 2.45) is 5.92 Å². The quantitative estimate of drug-likeness (QED) is 0.640. The monoisotopic (exact) mass is 493 g/mol. The molecule has 33 heavy (non-hydrogen) atoms. The molecule has 3 heterocycles. The highest BCUT2D eigenvalue weighted by Crippen LogP contribution is 2.39. The van der Waals surface area contributed by atoms with Crippen LogP contribution in [0.4, 0.5) is 5.69 Å². The summed E-state index contributed by atoms with van der Waals surface area (Å²) in [6.07, 6.45) is 6.79. The van der Waals surface area contributed by atoms with E-state index in [1.54, 1.807) is 18.2 Å². The number of ether oxygens (including phenoxy) is 1. The van der Waals surface area contributed by atoms with Crippen LogP contribution in [0.2, 0.25) is 0 Å². The fraction of sp³-hybridized carbons (Fsp3) is 0.652. The molecule has 5 rings (SSSR count). The maximum Gasteiger partial charge on any atom is 0.243 e. The van der Waals surface area contributed by atoms with E-state index >= 15 is 0 Å². The van der Waals surface area contributed by atoms with E-state index in [0.29, 0.717) is 37.9 Å². The minimum Gasteiger partial charge on any atom is -0.379 e. The summed E-state index contributed by atoms with van der Waals surface area (Å²) in [5.74, 6) is 0.641. The van der Waals surface area contributed by atoms with Gasteiger partial charge in [-0.15, -0.1) is 11.8 Å². The Hall–Kier alpha value is -1.62. The van der Waals surface area contributed by atoms with Crippen LogP contribution < -0.4 is 4.90 Å². The van der Waals surface area contributed by atoms with Crippen LogP contribution in [0.3, 0.4) is 0 Å². The van der Waals surface area contributed by atoms with Crippen molar-refractivity contribution in [3.8, 4) is 0 Å². The van der Waals surface area contributed by atoms with Crippen molar-refractivity contribution in [2.75, 3.05) is 50.0 Å². The summed E-state index contributed by atoms with van der Waals surface area (Å²) in [6.45, 7) is 2.08. The maximum atomic E-state index is 13.4. The molecule has 180 valence electrons. The van der Waals surface area contributed by atoms with E-state index in [0.717, 1.165) is 30.7 Å². The van der Waals surface area contributed by atoms with Gasteiger partial charge in [-0.1, -0.05) is 12.8 Å². The predicted octanol–water partition coefficient (Wildman–Crippen LogP) is 2.33. The molecule has 0 spiro atoms.